The van der Waals surface area contributed by atoms with Crippen molar-refractivity contribution in [1.82, 2.24) is 0 Å². The van der Waals surface area contributed by atoms with Crippen LogP contribution in [0.2, 0.25) is 18.1 Å². The van der Waals surface area contributed by atoms with Crippen LogP contribution in [0.4, 0.5) is 0 Å². The number of hydrogen-bond acceptors (Lipinski definition) is 2. The van der Waals surface area contributed by atoms with Crippen molar-refractivity contribution < 1.29 is 9.53 Å². The summed E-state index contributed by atoms with van der Waals surface area (Å²) >= 11 is 0. The van der Waals surface area contributed by atoms with Gasteiger partial charge in [-0.05, 0) is 81.8 Å². The van der Waals surface area contributed by atoms with Crippen molar-refractivity contribution in [2.24, 2.45) is 0 Å². The normalized spacial score (nSPS) is 12.9. The van der Waals surface area contributed by atoms with Gasteiger partial charge in [0.1, 0.15) is 11.9 Å². The monoisotopic (exact) mass is 466 g/mol. The molecule has 4 aromatic carbocycles. The van der Waals surface area contributed by atoms with Crippen molar-refractivity contribution in [3.8, 4) is 28.0 Å². The van der Waals surface area contributed by atoms with Crippen molar-refractivity contribution in [1.29, 1.82) is 0 Å². The van der Waals surface area contributed by atoms with E-state index in [2.05, 4.69) is 76.3 Å². The van der Waals surface area contributed by atoms with Crippen LogP contribution >= 0.6 is 0 Å². The fraction of sp³-hybridized carbons (Fsp3) is 0.226. The van der Waals surface area contributed by atoms with E-state index in [0.29, 0.717) is 0 Å². The van der Waals surface area contributed by atoms with E-state index in [9.17, 15) is 5.11 Å². The molecule has 0 bridgehead atoms. The quantitative estimate of drug-likeness (QED) is 0.289. The largest absolute Gasteiger partial charge is 0.544 e. The van der Waals surface area contributed by atoms with Gasteiger partial charge in [-0.25, -0.2) is 0 Å². The van der Waals surface area contributed by atoms with Gasteiger partial charge in [-0.15, -0.1) is 0 Å². The van der Waals surface area contributed by atoms with Gasteiger partial charge in [0.15, 0.2) is 0 Å². The van der Waals surface area contributed by atoms with Crippen LogP contribution in [0.5, 0.6) is 5.75 Å². The second kappa shape index (κ2) is 9.61. The van der Waals surface area contributed by atoms with Crippen LogP contribution in [-0.2, 0) is 0 Å². The highest BCUT2D eigenvalue weighted by Crippen LogP contribution is 2.38. The lowest BCUT2D eigenvalue weighted by Crippen LogP contribution is -2.43. The number of hydrogen-bond donors (Lipinski definition) is 1. The van der Waals surface area contributed by atoms with E-state index < -0.39 is 14.4 Å². The summed E-state index contributed by atoms with van der Waals surface area (Å²) in [6.45, 7) is 11.2. The molecule has 1 atom stereocenters. The molecule has 0 heterocycles. The Morgan fingerprint density at radius 3 is 1.53 bits per heavy atom. The molecule has 174 valence electrons. The lowest BCUT2D eigenvalue weighted by atomic mass is 9.92. The molecule has 0 radical (unpaired) electrons. The summed E-state index contributed by atoms with van der Waals surface area (Å²) in [5.74, 6) is 0.866. The van der Waals surface area contributed by atoms with E-state index in [1.807, 2.05) is 60.7 Å². The Labute approximate surface area is 205 Å². The van der Waals surface area contributed by atoms with Gasteiger partial charge in [-0.1, -0.05) is 93.6 Å². The summed E-state index contributed by atoms with van der Waals surface area (Å²) in [5, 5.41) is 11.5. The molecule has 0 saturated heterocycles. The molecule has 0 saturated carbocycles. The van der Waals surface area contributed by atoms with Crippen LogP contribution in [0.3, 0.4) is 0 Å². The summed E-state index contributed by atoms with van der Waals surface area (Å²) in [6, 6.07) is 34.9. The molecule has 3 heteroatoms. The molecule has 0 aliphatic rings. The van der Waals surface area contributed by atoms with Gasteiger partial charge in [0, 0.05) is 0 Å². The van der Waals surface area contributed by atoms with Gasteiger partial charge in [0.2, 0.25) is 8.32 Å². The molecule has 4 aromatic rings. The molecule has 0 aliphatic heterocycles. The fourth-order valence-corrected chi connectivity index (χ4v) is 4.79. The van der Waals surface area contributed by atoms with Crippen LogP contribution in [0.25, 0.3) is 22.3 Å². The molecule has 0 fully saturated rings. The smallest absolute Gasteiger partial charge is 0.250 e. The Hall–Kier alpha value is -3.14. The SMILES string of the molecule is CC(C)(C)[Si](C)(C)Oc1ccc(C(O)c2cc(-c3ccccc3)cc(-c3ccccc3)c2)cc1. The van der Waals surface area contributed by atoms with E-state index in [-0.39, 0.29) is 5.04 Å². The van der Waals surface area contributed by atoms with Crippen LogP contribution in [0.1, 0.15) is 38.0 Å². The molecule has 0 aromatic heterocycles. The molecule has 0 spiro atoms. The Balaban J connectivity index is 1.68. The zero-order valence-electron chi connectivity index (χ0n) is 20.7. The zero-order valence-corrected chi connectivity index (χ0v) is 21.7. The van der Waals surface area contributed by atoms with E-state index in [1.165, 1.54) is 0 Å². The maximum absolute atomic E-state index is 11.4. The van der Waals surface area contributed by atoms with E-state index in [1.54, 1.807) is 0 Å². The van der Waals surface area contributed by atoms with Crippen LogP contribution < -0.4 is 4.43 Å². The first-order valence-corrected chi connectivity index (χ1v) is 14.8. The van der Waals surface area contributed by atoms with Crippen molar-refractivity contribution >= 4 is 8.32 Å². The predicted octanol–water partition coefficient (Wildman–Crippen LogP) is 8.49. The number of aliphatic hydroxyl groups excluding tert-OH is 1. The predicted molar refractivity (Wildman–Crippen MR) is 146 cm³/mol. The Morgan fingerprint density at radius 1 is 0.618 bits per heavy atom. The maximum Gasteiger partial charge on any atom is 0.250 e. The van der Waals surface area contributed by atoms with Gasteiger partial charge < -0.3 is 9.53 Å². The highest BCUT2D eigenvalue weighted by molar-refractivity contribution is 6.74. The van der Waals surface area contributed by atoms with Crippen molar-refractivity contribution in [3.05, 3.63) is 114 Å². The lowest BCUT2D eigenvalue weighted by molar-refractivity contribution is 0.220. The highest BCUT2D eigenvalue weighted by Gasteiger charge is 2.38. The van der Waals surface area contributed by atoms with Gasteiger partial charge in [0.25, 0.3) is 0 Å². The van der Waals surface area contributed by atoms with Crippen molar-refractivity contribution in [2.45, 2.75) is 45.0 Å². The molecular formula is C31H34O2Si. The van der Waals surface area contributed by atoms with Gasteiger partial charge in [-0.3, -0.25) is 0 Å². The third-order valence-corrected chi connectivity index (χ3v) is 11.2. The first kappa shape index (κ1) is 24.0. The minimum absolute atomic E-state index is 0.136. The fourth-order valence-electron chi connectivity index (χ4n) is 3.76. The third-order valence-electron chi connectivity index (χ3n) is 6.86. The molecule has 1 N–H and O–H groups in total. The summed E-state index contributed by atoms with van der Waals surface area (Å²) in [4.78, 5) is 0. The van der Waals surface area contributed by atoms with E-state index in [4.69, 9.17) is 4.43 Å². The highest BCUT2D eigenvalue weighted by atomic mass is 28.4. The Morgan fingerprint density at radius 2 is 1.09 bits per heavy atom. The number of aliphatic hydroxyl groups is 1. The number of benzene rings is 4. The van der Waals surface area contributed by atoms with Crippen LogP contribution in [0.15, 0.2) is 103 Å². The third kappa shape index (κ3) is 5.32. The summed E-state index contributed by atoms with van der Waals surface area (Å²) in [7, 11) is -1.91. The first-order chi connectivity index (χ1) is 16.1. The summed E-state index contributed by atoms with van der Waals surface area (Å²) in [5.41, 5.74) is 6.17. The second-order valence-corrected chi connectivity index (χ2v) is 15.1. The molecule has 2 nitrogen and oxygen atoms in total. The molecule has 1 unspecified atom stereocenters. The topological polar surface area (TPSA) is 29.5 Å². The van der Waals surface area contributed by atoms with E-state index in [0.717, 1.165) is 39.1 Å². The molecule has 4 rings (SSSR count). The summed E-state index contributed by atoms with van der Waals surface area (Å²) in [6.07, 6.45) is -0.729. The molecular weight excluding hydrogens is 432 g/mol. The Bertz CT molecular complexity index is 1170. The molecule has 0 amide bonds. The van der Waals surface area contributed by atoms with Crippen LogP contribution in [0, 0.1) is 0 Å². The van der Waals surface area contributed by atoms with E-state index >= 15 is 0 Å². The lowest BCUT2D eigenvalue weighted by Gasteiger charge is -2.36. The molecule has 34 heavy (non-hydrogen) atoms. The minimum Gasteiger partial charge on any atom is -0.544 e. The maximum atomic E-state index is 11.4. The van der Waals surface area contributed by atoms with Crippen LogP contribution in [-0.4, -0.2) is 13.4 Å². The van der Waals surface area contributed by atoms with Crippen molar-refractivity contribution in [3.63, 3.8) is 0 Å². The number of rotatable bonds is 6. The average molecular weight is 467 g/mol. The second-order valence-electron chi connectivity index (χ2n) is 10.4. The van der Waals surface area contributed by atoms with Gasteiger partial charge in [-0.2, -0.15) is 0 Å². The van der Waals surface area contributed by atoms with Gasteiger partial charge >= 0.3 is 0 Å². The first-order valence-electron chi connectivity index (χ1n) is 11.9. The van der Waals surface area contributed by atoms with Crippen molar-refractivity contribution in [2.75, 3.05) is 0 Å². The summed E-state index contributed by atoms with van der Waals surface area (Å²) < 4.78 is 6.42. The van der Waals surface area contributed by atoms with Gasteiger partial charge in [0.05, 0.1) is 0 Å². The zero-order chi connectivity index (χ0) is 24.3. The average Bonchev–Trinajstić information content (AvgIpc) is 2.84. The standard InChI is InChI=1S/C31H34O2Si/c1-31(2,3)34(4,5)33-29-18-16-25(17-19-29)30(32)28-21-26(23-12-8-6-9-13-23)20-27(22-28)24-14-10-7-11-15-24/h6-22,30,32H,1-5H3. The Kier molecular flexibility index (Phi) is 6.78. The molecule has 0 aliphatic carbocycles. The minimum atomic E-state index is -1.91.